The van der Waals surface area contributed by atoms with E-state index >= 15 is 0 Å². The summed E-state index contributed by atoms with van der Waals surface area (Å²) >= 11 is 0. The van der Waals surface area contributed by atoms with Gasteiger partial charge in [-0.15, -0.1) is 0 Å². The third kappa shape index (κ3) is 4.39. The summed E-state index contributed by atoms with van der Waals surface area (Å²) < 4.78 is 38.3. The first-order valence-electron chi connectivity index (χ1n) is 12.1. The van der Waals surface area contributed by atoms with Crippen molar-refractivity contribution in [3.63, 3.8) is 0 Å². The van der Waals surface area contributed by atoms with E-state index in [0.29, 0.717) is 36.0 Å². The molecule has 2 atom stereocenters. The molecule has 32 heavy (non-hydrogen) atoms. The summed E-state index contributed by atoms with van der Waals surface area (Å²) in [7, 11) is -3.82. The maximum absolute atomic E-state index is 14.3. The van der Waals surface area contributed by atoms with Crippen LogP contribution in [0.2, 0.25) is 0 Å². The second-order valence-corrected chi connectivity index (χ2v) is 11.7. The monoisotopic (exact) mass is 459 g/mol. The summed E-state index contributed by atoms with van der Waals surface area (Å²) in [4.78, 5) is 0.301. The van der Waals surface area contributed by atoms with Crippen LogP contribution in [-0.4, -0.2) is 40.9 Å². The lowest BCUT2D eigenvalue weighted by molar-refractivity contribution is -0.0433. The highest BCUT2D eigenvalue weighted by Gasteiger charge is 2.51. The largest absolute Gasteiger partial charge is 0.358 e. The van der Waals surface area contributed by atoms with Gasteiger partial charge in [0.05, 0.1) is 18.7 Å². The van der Waals surface area contributed by atoms with Crippen LogP contribution in [0.25, 0.3) is 11.3 Å². The summed E-state index contributed by atoms with van der Waals surface area (Å²) in [6, 6.07) is 9.78. The lowest BCUT2D eigenvalue weighted by atomic mass is 10.0. The van der Waals surface area contributed by atoms with E-state index in [9.17, 15) is 8.42 Å². The van der Waals surface area contributed by atoms with E-state index in [1.165, 1.54) is 12.8 Å². The number of sulfonamides is 1. The van der Waals surface area contributed by atoms with E-state index in [2.05, 4.69) is 13.8 Å². The van der Waals surface area contributed by atoms with Crippen LogP contribution in [-0.2, 0) is 14.8 Å². The molecule has 2 aromatic rings. The van der Waals surface area contributed by atoms with Crippen molar-refractivity contribution in [1.82, 2.24) is 14.1 Å². The number of hydrogen-bond acceptors (Lipinski definition) is 4. The van der Waals surface area contributed by atoms with Gasteiger partial charge in [-0.05, 0) is 44.9 Å². The Labute approximate surface area is 193 Å². The number of hydrogen-bond donors (Lipinski definition) is 0. The summed E-state index contributed by atoms with van der Waals surface area (Å²) in [6.07, 6.45) is 8.51. The second-order valence-electron chi connectivity index (χ2n) is 9.91. The van der Waals surface area contributed by atoms with E-state index in [0.717, 1.165) is 24.8 Å². The quantitative estimate of drug-likeness (QED) is 0.514. The van der Waals surface area contributed by atoms with E-state index in [-0.39, 0.29) is 12.1 Å². The van der Waals surface area contributed by atoms with Gasteiger partial charge in [0, 0.05) is 11.8 Å². The van der Waals surface area contributed by atoms with Crippen LogP contribution in [0.1, 0.15) is 78.7 Å². The zero-order chi connectivity index (χ0) is 22.9. The van der Waals surface area contributed by atoms with Crippen molar-refractivity contribution in [2.45, 2.75) is 95.3 Å². The molecule has 0 N–H and O–H groups in total. The fraction of sp³-hybridized carbons (Fsp3) is 0.640. The van der Waals surface area contributed by atoms with Crippen LogP contribution in [0.4, 0.5) is 0 Å². The smallest absolute Gasteiger partial charge is 0.249 e. The Hall–Kier alpha value is -1.70. The van der Waals surface area contributed by atoms with Gasteiger partial charge >= 0.3 is 0 Å². The third-order valence-electron chi connectivity index (χ3n) is 7.02. The Morgan fingerprint density at radius 1 is 1.19 bits per heavy atom. The fourth-order valence-corrected chi connectivity index (χ4v) is 7.20. The molecule has 176 valence electrons. The number of ether oxygens (including phenoxy) is 1. The average molecular weight is 460 g/mol. The summed E-state index contributed by atoms with van der Waals surface area (Å²) in [5.74, 6) is 0.477. The van der Waals surface area contributed by atoms with Gasteiger partial charge in [-0.25, -0.2) is 8.42 Å². The predicted octanol–water partition coefficient (Wildman–Crippen LogP) is 5.62. The topological polar surface area (TPSA) is 64.4 Å². The molecule has 0 bridgehead atoms. The SMILES string of the molecule is CCC1COC(C)(CCC(C)C)N1S(=O)(=O)c1cn(C2CCCC2)nc1-c1ccccc1. The molecule has 7 heteroatoms. The van der Waals surface area contributed by atoms with Crippen molar-refractivity contribution in [1.29, 1.82) is 0 Å². The van der Waals surface area contributed by atoms with Gasteiger partial charge in [0.15, 0.2) is 0 Å². The van der Waals surface area contributed by atoms with Crippen LogP contribution in [0.15, 0.2) is 41.4 Å². The Kier molecular flexibility index (Phi) is 6.80. The number of benzene rings is 1. The molecule has 1 aromatic heterocycles. The molecule has 0 amide bonds. The first-order valence-corrected chi connectivity index (χ1v) is 13.5. The third-order valence-corrected chi connectivity index (χ3v) is 9.08. The van der Waals surface area contributed by atoms with Crippen LogP contribution >= 0.6 is 0 Å². The molecular weight excluding hydrogens is 422 g/mol. The molecule has 1 saturated heterocycles. The van der Waals surface area contributed by atoms with Crippen molar-refractivity contribution in [2.75, 3.05) is 6.61 Å². The molecule has 2 heterocycles. The van der Waals surface area contributed by atoms with Crippen molar-refractivity contribution in [3.05, 3.63) is 36.5 Å². The lowest BCUT2D eigenvalue weighted by Gasteiger charge is -2.35. The minimum absolute atomic E-state index is 0.171. The molecular formula is C25H37N3O3S. The molecule has 0 spiro atoms. The second kappa shape index (κ2) is 9.27. The number of rotatable bonds is 8. The van der Waals surface area contributed by atoms with Gasteiger partial charge in [0.2, 0.25) is 10.0 Å². The first-order chi connectivity index (χ1) is 15.3. The van der Waals surface area contributed by atoms with Gasteiger partial charge in [-0.2, -0.15) is 9.40 Å². The fourth-order valence-electron chi connectivity index (χ4n) is 5.09. The standard InChI is InChI=1S/C25H37N3O3S/c1-5-21-18-31-25(4,16-15-19(2)3)28(21)32(29,30)23-17-27(22-13-9-10-14-22)26-24(23)20-11-7-6-8-12-20/h6-8,11-12,17,19,21-22H,5,9-10,13-16,18H2,1-4H3. The van der Waals surface area contributed by atoms with Gasteiger partial charge in [-0.3, -0.25) is 4.68 Å². The number of aromatic nitrogens is 2. The molecule has 2 unspecified atom stereocenters. The lowest BCUT2D eigenvalue weighted by Crippen LogP contribution is -2.49. The molecule has 1 saturated carbocycles. The highest BCUT2D eigenvalue weighted by molar-refractivity contribution is 7.89. The summed E-state index contributed by atoms with van der Waals surface area (Å²) in [5.41, 5.74) is 0.540. The van der Waals surface area contributed by atoms with Crippen LogP contribution < -0.4 is 0 Å². The van der Waals surface area contributed by atoms with Crippen molar-refractivity contribution in [3.8, 4) is 11.3 Å². The Bertz CT molecular complexity index is 1010. The van der Waals surface area contributed by atoms with E-state index in [4.69, 9.17) is 9.84 Å². The van der Waals surface area contributed by atoms with Gasteiger partial charge in [0.25, 0.3) is 0 Å². The van der Waals surface area contributed by atoms with Crippen molar-refractivity contribution < 1.29 is 13.2 Å². The van der Waals surface area contributed by atoms with Crippen LogP contribution in [0.3, 0.4) is 0 Å². The van der Waals surface area contributed by atoms with E-state index in [1.54, 1.807) is 10.5 Å². The molecule has 2 fully saturated rings. The molecule has 6 nitrogen and oxygen atoms in total. The maximum atomic E-state index is 14.3. The highest BCUT2D eigenvalue weighted by Crippen LogP contribution is 2.41. The zero-order valence-electron chi connectivity index (χ0n) is 19.8. The minimum Gasteiger partial charge on any atom is -0.358 e. The predicted molar refractivity (Wildman–Crippen MR) is 127 cm³/mol. The highest BCUT2D eigenvalue weighted by atomic mass is 32.2. The normalized spacial score (nSPS) is 25.2. The molecule has 0 radical (unpaired) electrons. The number of nitrogens with zero attached hydrogens (tertiary/aromatic N) is 3. The van der Waals surface area contributed by atoms with Crippen molar-refractivity contribution in [2.24, 2.45) is 5.92 Å². The molecule has 1 aliphatic heterocycles. The summed E-state index contributed by atoms with van der Waals surface area (Å²) in [6.45, 7) is 8.72. The van der Waals surface area contributed by atoms with Gasteiger partial charge < -0.3 is 4.74 Å². The van der Waals surface area contributed by atoms with Gasteiger partial charge in [-0.1, -0.05) is 63.9 Å². The summed E-state index contributed by atoms with van der Waals surface area (Å²) in [5, 5.41) is 4.84. The molecule has 4 rings (SSSR count). The van der Waals surface area contributed by atoms with Crippen LogP contribution in [0, 0.1) is 5.92 Å². The molecule has 2 aliphatic rings. The first kappa shape index (κ1) is 23.5. The maximum Gasteiger partial charge on any atom is 0.249 e. The van der Waals surface area contributed by atoms with Crippen LogP contribution in [0.5, 0.6) is 0 Å². The van der Waals surface area contributed by atoms with Crippen molar-refractivity contribution >= 4 is 10.0 Å². The van der Waals surface area contributed by atoms with E-state index < -0.39 is 15.7 Å². The Morgan fingerprint density at radius 3 is 2.50 bits per heavy atom. The Balaban J connectivity index is 1.81. The minimum atomic E-state index is -3.82. The van der Waals surface area contributed by atoms with Gasteiger partial charge in [0.1, 0.15) is 16.3 Å². The molecule has 1 aromatic carbocycles. The zero-order valence-corrected chi connectivity index (χ0v) is 20.6. The molecule has 1 aliphatic carbocycles. The average Bonchev–Trinajstić information content (AvgIpc) is 3.51. The Morgan fingerprint density at radius 2 is 1.88 bits per heavy atom. The van der Waals surface area contributed by atoms with E-state index in [1.807, 2.05) is 48.9 Å².